The van der Waals surface area contributed by atoms with E-state index < -0.39 is 6.04 Å². The molecule has 120 valence electrons. The van der Waals surface area contributed by atoms with Crippen molar-refractivity contribution in [2.75, 3.05) is 60.0 Å². The molecule has 0 aliphatic carbocycles. The average Bonchev–Trinajstić information content (AvgIpc) is 2.44. The highest BCUT2D eigenvalue weighted by Gasteiger charge is 2.13. The smallest absolute Gasteiger partial charge is 0.322 e. The maximum absolute atomic E-state index is 11.2. The Balaban J connectivity index is 3.18. The first-order valence-electron chi connectivity index (χ1n) is 6.86. The number of esters is 1. The number of rotatable bonds is 14. The molecule has 7 heteroatoms. The van der Waals surface area contributed by atoms with Gasteiger partial charge in [-0.2, -0.15) is 0 Å². The van der Waals surface area contributed by atoms with Crippen molar-refractivity contribution < 1.29 is 28.5 Å². The van der Waals surface area contributed by atoms with E-state index in [4.69, 9.17) is 29.4 Å². The van der Waals surface area contributed by atoms with Crippen LogP contribution in [0.3, 0.4) is 0 Å². The van der Waals surface area contributed by atoms with Crippen LogP contribution in [-0.2, 0) is 28.5 Å². The summed E-state index contributed by atoms with van der Waals surface area (Å²) >= 11 is 0. The summed E-state index contributed by atoms with van der Waals surface area (Å²) in [6.45, 7) is 5.67. The third kappa shape index (κ3) is 12.3. The number of carbonyl (C=O) groups excluding carboxylic acids is 1. The van der Waals surface area contributed by atoms with E-state index in [1.165, 1.54) is 0 Å². The number of nitrogens with two attached hydrogens (primary N) is 1. The molecule has 7 nitrogen and oxygen atoms in total. The Labute approximate surface area is 120 Å². The number of ether oxygens (including phenoxy) is 5. The second-order valence-corrected chi connectivity index (χ2v) is 3.98. The van der Waals surface area contributed by atoms with Crippen molar-refractivity contribution in [3.63, 3.8) is 0 Å². The van der Waals surface area contributed by atoms with Gasteiger partial charge < -0.3 is 29.4 Å². The van der Waals surface area contributed by atoms with E-state index in [1.807, 2.05) is 0 Å². The molecule has 0 saturated heterocycles. The molecule has 0 fully saturated rings. The topological polar surface area (TPSA) is 89.2 Å². The van der Waals surface area contributed by atoms with E-state index in [-0.39, 0.29) is 5.97 Å². The molecule has 0 bridgehead atoms. The predicted octanol–water partition coefficient (Wildman–Crippen LogP) is -0.0369. The number of hydrogen-bond acceptors (Lipinski definition) is 7. The normalized spacial score (nSPS) is 12.3. The van der Waals surface area contributed by atoms with Gasteiger partial charge in [0.05, 0.1) is 46.2 Å². The minimum atomic E-state index is -0.620. The van der Waals surface area contributed by atoms with Gasteiger partial charge in [-0.05, 0) is 13.3 Å². The largest absolute Gasteiger partial charge is 0.465 e. The van der Waals surface area contributed by atoms with Crippen LogP contribution in [0.5, 0.6) is 0 Å². The van der Waals surface area contributed by atoms with Gasteiger partial charge in [0.25, 0.3) is 0 Å². The lowest BCUT2D eigenvalue weighted by Crippen LogP contribution is -2.33. The van der Waals surface area contributed by atoms with Crippen LogP contribution in [0, 0.1) is 0 Å². The molecule has 0 aromatic heterocycles. The van der Waals surface area contributed by atoms with Crippen LogP contribution >= 0.6 is 0 Å². The van der Waals surface area contributed by atoms with Crippen LogP contribution in [0.2, 0.25) is 0 Å². The van der Waals surface area contributed by atoms with Crippen molar-refractivity contribution in [3.05, 3.63) is 0 Å². The number of hydrogen-bond donors (Lipinski definition) is 1. The third-order valence-corrected chi connectivity index (χ3v) is 2.34. The minimum Gasteiger partial charge on any atom is -0.465 e. The lowest BCUT2D eigenvalue weighted by Gasteiger charge is -2.10. The van der Waals surface area contributed by atoms with Crippen LogP contribution < -0.4 is 5.73 Å². The van der Waals surface area contributed by atoms with Gasteiger partial charge in [-0.25, -0.2) is 0 Å². The highest BCUT2D eigenvalue weighted by Crippen LogP contribution is 1.93. The Morgan fingerprint density at radius 1 is 0.950 bits per heavy atom. The highest BCUT2D eigenvalue weighted by atomic mass is 16.6. The summed E-state index contributed by atoms with van der Waals surface area (Å²) < 4.78 is 25.4. The molecule has 0 saturated carbocycles. The van der Waals surface area contributed by atoms with E-state index in [2.05, 4.69) is 0 Å². The SMILES string of the molecule is CCOC(=O)C(N)CCOCCOCCOCCOC. The van der Waals surface area contributed by atoms with E-state index in [9.17, 15) is 4.79 Å². The molecule has 0 amide bonds. The summed E-state index contributed by atoms with van der Waals surface area (Å²) in [7, 11) is 1.63. The molecule has 1 atom stereocenters. The first-order chi connectivity index (χ1) is 9.72. The van der Waals surface area contributed by atoms with Gasteiger partial charge in [0.15, 0.2) is 0 Å². The molecule has 0 radical (unpaired) electrons. The van der Waals surface area contributed by atoms with Gasteiger partial charge in [-0.3, -0.25) is 4.79 Å². The van der Waals surface area contributed by atoms with E-state index in [1.54, 1.807) is 14.0 Å². The van der Waals surface area contributed by atoms with Crippen molar-refractivity contribution in [3.8, 4) is 0 Å². The molecule has 20 heavy (non-hydrogen) atoms. The van der Waals surface area contributed by atoms with Crippen LogP contribution in [-0.4, -0.2) is 72.0 Å². The fourth-order valence-electron chi connectivity index (χ4n) is 1.26. The summed E-state index contributed by atoms with van der Waals surface area (Å²) in [5.74, 6) is -0.388. The second-order valence-electron chi connectivity index (χ2n) is 3.98. The quantitative estimate of drug-likeness (QED) is 0.355. The zero-order valence-electron chi connectivity index (χ0n) is 12.5. The summed E-state index contributed by atoms with van der Waals surface area (Å²) in [5, 5.41) is 0. The fourth-order valence-corrected chi connectivity index (χ4v) is 1.26. The molecule has 2 N–H and O–H groups in total. The standard InChI is InChI=1S/C13H27NO6/c1-3-20-13(15)12(14)4-5-17-8-9-19-11-10-18-7-6-16-2/h12H,3-11,14H2,1-2H3. The summed E-state index contributed by atoms with van der Waals surface area (Å²) in [4.78, 5) is 11.2. The van der Waals surface area contributed by atoms with Gasteiger partial charge in [-0.1, -0.05) is 0 Å². The molecule has 0 aromatic rings. The molecule has 0 aliphatic rings. The minimum absolute atomic E-state index is 0.341. The van der Waals surface area contributed by atoms with Crippen LogP contribution in [0.4, 0.5) is 0 Å². The zero-order chi connectivity index (χ0) is 15.1. The first-order valence-corrected chi connectivity index (χ1v) is 6.86. The summed E-state index contributed by atoms with van der Waals surface area (Å²) in [6.07, 6.45) is 0.443. The first kappa shape index (κ1) is 19.3. The Morgan fingerprint density at radius 3 is 1.95 bits per heavy atom. The Bertz CT molecular complexity index is 227. The molecular weight excluding hydrogens is 266 g/mol. The van der Waals surface area contributed by atoms with Gasteiger partial charge in [0.2, 0.25) is 0 Å². The monoisotopic (exact) mass is 293 g/mol. The van der Waals surface area contributed by atoms with Gasteiger partial charge in [-0.15, -0.1) is 0 Å². The van der Waals surface area contributed by atoms with Crippen molar-refractivity contribution >= 4 is 5.97 Å². The third-order valence-electron chi connectivity index (χ3n) is 2.34. The van der Waals surface area contributed by atoms with Gasteiger partial charge in [0.1, 0.15) is 6.04 Å². The fraction of sp³-hybridized carbons (Fsp3) is 0.923. The molecule has 0 heterocycles. The van der Waals surface area contributed by atoms with E-state index in [0.717, 1.165) is 0 Å². The maximum atomic E-state index is 11.2. The van der Waals surface area contributed by atoms with Crippen LogP contribution in [0.15, 0.2) is 0 Å². The molecule has 0 aliphatic heterocycles. The van der Waals surface area contributed by atoms with Crippen LogP contribution in [0.1, 0.15) is 13.3 Å². The van der Waals surface area contributed by atoms with Gasteiger partial charge in [0, 0.05) is 13.7 Å². The Morgan fingerprint density at radius 2 is 1.45 bits per heavy atom. The van der Waals surface area contributed by atoms with E-state index >= 15 is 0 Å². The summed E-state index contributed by atoms with van der Waals surface area (Å²) in [6, 6.07) is -0.620. The highest BCUT2D eigenvalue weighted by molar-refractivity contribution is 5.75. The van der Waals surface area contributed by atoms with Crippen molar-refractivity contribution in [2.45, 2.75) is 19.4 Å². The molecule has 0 spiro atoms. The lowest BCUT2D eigenvalue weighted by atomic mass is 10.2. The van der Waals surface area contributed by atoms with Crippen molar-refractivity contribution in [2.24, 2.45) is 5.73 Å². The molecule has 1 unspecified atom stereocenters. The summed E-state index contributed by atoms with van der Waals surface area (Å²) in [5.41, 5.74) is 5.61. The van der Waals surface area contributed by atoms with Crippen molar-refractivity contribution in [1.29, 1.82) is 0 Å². The predicted molar refractivity (Wildman–Crippen MR) is 73.6 cm³/mol. The van der Waals surface area contributed by atoms with Gasteiger partial charge >= 0.3 is 5.97 Å². The Kier molecular flexibility index (Phi) is 14.1. The zero-order valence-corrected chi connectivity index (χ0v) is 12.5. The van der Waals surface area contributed by atoms with E-state index in [0.29, 0.717) is 59.3 Å². The Hall–Kier alpha value is -0.730. The second kappa shape index (κ2) is 14.7. The number of methoxy groups -OCH3 is 1. The molecule has 0 rings (SSSR count). The average molecular weight is 293 g/mol. The van der Waals surface area contributed by atoms with Crippen molar-refractivity contribution in [1.82, 2.24) is 0 Å². The maximum Gasteiger partial charge on any atom is 0.322 e. The molecule has 0 aromatic carbocycles. The molecular formula is C13H27NO6. The lowest BCUT2D eigenvalue weighted by molar-refractivity contribution is -0.145. The number of carbonyl (C=O) groups is 1. The van der Waals surface area contributed by atoms with Crippen LogP contribution in [0.25, 0.3) is 0 Å².